The van der Waals surface area contributed by atoms with E-state index in [0.717, 1.165) is 72.4 Å². The predicted molar refractivity (Wildman–Crippen MR) is 485 cm³/mol. The fourth-order valence-corrected chi connectivity index (χ4v) is 23.2. The molecule has 8 nitrogen and oxygen atoms in total. The Labute approximate surface area is 672 Å². The molecule has 23 rings (SSSR count). The molecule has 0 saturated carbocycles. The van der Waals surface area contributed by atoms with Crippen LogP contribution in [0.4, 0.5) is 0 Å². The van der Waals surface area contributed by atoms with Crippen molar-refractivity contribution >= 4 is 125 Å². The number of aromatic nitrogens is 8. The van der Waals surface area contributed by atoms with Gasteiger partial charge in [0, 0.05) is 95.3 Å². The highest BCUT2D eigenvalue weighted by Crippen LogP contribution is 2.49. The van der Waals surface area contributed by atoms with E-state index in [2.05, 4.69) is 356 Å². The Morgan fingerprint density at radius 3 is 1.15 bits per heavy atom. The molecule has 115 heavy (non-hydrogen) atoms. The van der Waals surface area contributed by atoms with Crippen LogP contribution in [0.1, 0.15) is 0 Å². The van der Waals surface area contributed by atoms with Crippen molar-refractivity contribution in [3.8, 4) is 124 Å². The first-order valence-electron chi connectivity index (χ1n) is 38.9. The summed E-state index contributed by atoms with van der Waals surface area (Å²) in [6.45, 7) is 4.90. The van der Waals surface area contributed by atoms with Crippen LogP contribution in [0.2, 0.25) is 13.1 Å². The first-order valence-corrected chi connectivity index (χ1v) is 43.5. The molecule has 0 unspecified atom stereocenters. The quantitative estimate of drug-likeness (QED) is 0.120. The normalized spacial score (nSPS) is 12.3. The molecule has 0 radical (unpaired) electrons. The number of fused-ring (bicyclic) bond motifs is 17. The molecule has 11 heteroatoms. The molecule has 0 amide bonds. The molecular formula is C104H68N8S2Si. The van der Waals surface area contributed by atoms with Crippen molar-refractivity contribution in [2.75, 3.05) is 0 Å². The first-order chi connectivity index (χ1) is 56.8. The van der Waals surface area contributed by atoms with Crippen molar-refractivity contribution in [2.24, 2.45) is 0 Å². The predicted octanol–water partition coefficient (Wildman–Crippen LogP) is 26.5. The van der Waals surface area contributed by atoms with Gasteiger partial charge in [-0.2, -0.15) is 0 Å². The van der Waals surface area contributed by atoms with Crippen LogP contribution in [-0.2, 0) is 0 Å². The maximum Gasteiger partial charge on any atom is 0.166 e. The molecule has 1 aliphatic rings. The van der Waals surface area contributed by atoms with Crippen LogP contribution in [0.5, 0.6) is 0 Å². The van der Waals surface area contributed by atoms with Crippen molar-refractivity contribution in [2.45, 2.75) is 13.1 Å². The van der Waals surface area contributed by atoms with Crippen molar-refractivity contribution in [3.05, 3.63) is 376 Å². The van der Waals surface area contributed by atoms with Crippen LogP contribution in [0.3, 0.4) is 0 Å². The Morgan fingerprint density at radius 2 is 0.583 bits per heavy atom. The highest BCUT2D eigenvalue weighted by molar-refractivity contribution is 7.27. The van der Waals surface area contributed by atoms with Gasteiger partial charge in [0.2, 0.25) is 0 Å². The summed E-state index contributed by atoms with van der Waals surface area (Å²) in [7, 11) is -1.92. The number of benzene rings is 16. The van der Waals surface area contributed by atoms with Gasteiger partial charge in [0.15, 0.2) is 34.9 Å². The molecule has 0 saturated heterocycles. The second-order valence-electron chi connectivity index (χ2n) is 30.0. The number of rotatable bonds is 11. The van der Waals surface area contributed by atoms with E-state index in [1.54, 1.807) is 0 Å². The molecule has 6 aromatic heterocycles. The summed E-state index contributed by atoms with van der Waals surface area (Å²) in [5, 5.41) is 13.0. The van der Waals surface area contributed by atoms with E-state index in [4.69, 9.17) is 29.9 Å². The van der Waals surface area contributed by atoms with Gasteiger partial charge in [-0.1, -0.05) is 335 Å². The molecule has 0 aliphatic carbocycles. The van der Waals surface area contributed by atoms with Crippen LogP contribution >= 0.6 is 22.7 Å². The van der Waals surface area contributed by atoms with Gasteiger partial charge in [-0.15, -0.1) is 22.7 Å². The van der Waals surface area contributed by atoms with Crippen LogP contribution in [0, 0.1) is 0 Å². The van der Waals surface area contributed by atoms with E-state index < -0.39 is 8.07 Å². The Bertz CT molecular complexity index is 7600. The van der Waals surface area contributed by atoms with Crippen LogP contribution < -0.4 is 10.4 Å². The smallest absolute Gasteiger partial charge is 0.166 e. The molecule has 0 bridgehead atoms. The van der Waals surface area contributed by atoms with Crippen LogP contribution in [0.15, 0.2) is 376 Å². The van der Waals surface area contributed by atoms with E-state index >= 15 is 0 Å². The Morgan fingerprint density at radius 1 is 0.217 bits per heavy atom. The van der Waals surface area contributed by atoms with E-state index in [-0.39, 0.29) is 0 Å². The topological polar surface area (TPSA) is 87.2 Å². The minimum absolute atomic E-state index is 0.624. The average molecular weight is 1520 g/mol. The van der Waals surface area contributed by atoms with E-state index in [1.165, 1.54) is 111 Å². The average Bonchev–Trinajstić information content (AvgIpc) is 1.58. The number of nitrogens with zero attached hydrogens (tertiary/aromatic N) is 8. The largest absolute Gasteiger partial charge is 0.308 e. The van der Waals surface area contributed by atoms with Gasteiger partial charge in [0.1, 0.15) is 8.07 Å². The molecule has 7 heterocycles. The minimum Gasteiger partial charge on any atom is -0.308 e. The number of para-hydroxylation sites is 4. The SMILES string of the molecule is C[Si]1(C)c2ccccc2-c2ccc(-c3nc(-c4ccccc4)nc(-c4ccccc4-n4c5ccccc5c5c6sc7c(-c8ccccc8)cccc7c6ccc54)n3)cc21.c1ccc(-c2ccc(-c3nc(-c4ccccc4)nc(-c4ccccc4-n4c5ccccc5c5c6sc7cc(-c8ccccc8)ccc7c6ccc54)n3)cc2)cc1. The standard InChI is InChI=1S/C53H36N4SSi.C51H32N4S/c1-59(2)46-27-14-11-20-37(46)38-29-28-35(32-47(38)59)52-54-51(34-18-7-4-8-19-34)55-53(56-52)42-22-10-13-26-44(42)57-43-25-12-9-21-41(43)48-45(57)31-30-40-39-24-15-23-36(49(39)58-50(40)48)33-16-5-3-6-17-33;1-4-14-33(15-5-1)35-24-26-37(27-25-35)50-52-49(36-18-8-3-9-19-36)53-51(54-50)42-21-11-13-23-44(42)55-43-22-12-10-20-41(43)47-45(55)31-30-40-39-29-28-38(32-46(39)56-48(40)47)34-16-6-2-7-17-34/h3-32H,1-2H3;1-32H. The lowest BCUT2D eigenvalue weighted by Gasteiger charge is -2.19. The van der Waals surface area contributed by atoms with E-state index in [9.17, 15) is 0 Å². The maximum atomic E-state index is 5.35. The van der Waals surface area contributed by atoms with Crippen molar-refractivity contribution in [3.63, 3.8) is 0 Å². The summed E-state index contributed by atoms with van der Waals surface area (Å²) in [6.07, 6.45) is 0. The highest BCUT2D eigenvalue weighted by Gasteiger charge is 2.38. The molecular weight excluding hydrogens is 1450 g/mol. The summed E-state index contributed by atoms with van der Waals surface area (Å²) in [4.78, 5) is 31.2. The zero-order valence-electron chi connectivity index (χ0n) is 62.7. The summed E-state index contributed by atoms with van der Waals surface area (Å²) in [6, 6.07) is 134. The second-order valence-corrected chi connectivity index (χ2v) is 36.4. The molecule has 22 aromatic rings. The van der Waals surface area contributed by atoms with Gasteiger partial charge in [-0.3, -0.25) is 0 Å². The van der Waals surface area contributed by atoms with Gasteiger partial charge < -0.3 is 9.13 Å². The Hall–Kier alpha value is -14.2. The summed E-state index contributed by atoms with van der Waals surface area (Å²) >= 11 is 3.77. The lowest BCUT2D eigenvalue weighted by molar-refractivity contribution is 1.06. The number of hydrogen-bond donors (Lipinski definition) is 0. The van der Waals surface area contributed by atoms with Gasteiger partial charge in [-0.05, 0) is 109 Å². The van der Waals surface area contributed by atoms with Gasteiger partial charge in [-0.25, -0.2) is 29.9 Å². The van der Waals surface area contributed by atoms with Crippen LogP contribution in [0.25, 0.3) is 208 Å². The third-order valence-corrected chi connectivity index (χ3v) is 29.0. The molecule has 0 spiro atoms. The molecule has 0 fully saturated rings. The fraction of sp³-hybridized carbons (Fsp3) is 0.0192. The van der Waals surface area contributed by atoms with Gasteiger partial charge >= 0.3 is 0 Å². The molecule has 0 N–H and O–H groups in total. The van der Waals surface area contributed by atoms with Crippen molar-refractivity contribution in [1.82, 2.24) is 39.0 Å². The minimum atomic E-state index is -1.92. The number of thiophene rings is 2. The van der Waals surface area contributed by atoms with Crippen molar-refractivity contribution < 1.29 is 0 Å². The fourth-order valence-electron chi connectivity index (χ4n) is 17.5. The third-order valence-electron chi connectivity index (χ3n) is 23.0. The third kappa shape index (κ3) is 11.4. The van der Waals surface area contributed by atoms with E-state index in [1.807, 2.05) is 65.1 Å². The van der Waals surface area contributed by atoms with Crippen LogP contribution in [-0.4, -0.2) is 47.1 Å². The summed E-state index contributed by atoms with van der Waals surface area (Å²) in [5.41, 5.74) is 22.3. The Balaban J connectivity index is 0.000000140. The lowest BCUT2D eigenvalue weighted by atomic mass is 10.0. The lowest BCUT2D eigenvalue weighted by Crippen LogP contribution is -2.49. The Kier molecular flexibility index (Phi) is 16.3. The zero-order chi connectivity index (χ0) is 76.2. The molecule has 0 atom stereocenters. The highest BCUT2D eigenvalue weighted by atomic mass is 32.1. The summed E-state index contributed by atoms with van der Waals surface area (Å²) in [5.74, 6) is 3.87. The van der Waals surface area contributed by atoms with E-state index in [0.29, 0.717) is 34.9 Å². The number of hydrogen-bond acceptors (Lipinski definition) is 8. The summed E-state index contributed by atoms with van der Waals surface area (Å²) < 4.78 is 9.99. The second kappa shape index (κ2) is 27.6. The van der Waals surface area contributed by atoms with Crippen molar-refractivity contribution in [1.29, 1.82) is 0 Å². The first kappa shape index (κ1) is 67.7. The molecule has 16 aromatic carbocycles. The van der Waals surface area contributed by atoms with Gasteiger partial charge in [0.05, 0.1) is 33.4 Å². The molecule has 1 aliphatic heterocycles. The maximum absolute atomic E-state index is 5.35. The monoisotopic (exact) mass is 1520 g/mol. The zero-order valence-corrected chi connectivity index (χ0v) is 65.3. The molecule has 540 valence electrons. The van der Waals surface area contributed by atoms with Gasteiger partial charge in [0.25, 0.3) is 0 Å².